The topological polar surface area (TPSA) is 58.1 Å². The lowest BCUT2D eigenvalue weighted by atomic mass is 10.1. The largest absolute Gasteiger partial charge is 0.350 e. The second kappa shape index (κ2) is 7.22. The highest BCUT2D eigenvalue weighted by Gasteiger charge is 2.16. The van der Waals surface area contributed by atoms with Crippen molar-refractivity contribution in [2.45, 2.75) is 39.8 Å². The van der Waals surface area contributed by atoms with Crippen LogP contribution >= 0.6 is 0 Å². The Morgan fingerprint density at radius 3 is 2.26 bits per heavy atom. The third-order valence-electron chi connectivity index (χ3n) is 3.27. The van der Waals surface area contributed by atoms with Crippen LogP contribution in [0.4, 0.5) is 5.95 Å². The number of carbonyl (C=O) groups is 1. The number of hydrogen-bond acceptors (Lipinski definition) is 4. The molecule has 1 heterocycles. The molecule has 0 aliphatic heterocycles. The van der Waals surface area contributed by atoms with Crippen molar-refractivity contribution in [3.8, 4) is 0 Å². The van der Waals surface area contributed by atoms with E-state index in [0.717, 1.165) is 5.56 Å². The van der Waals surface area contributed by atoms with Gasteiger partial charge >= 0.3 is 0 Å². The molecule has 0 saturated carbocycles. The van der Waals surface area contributed by atoms with E-state index >= 15 is 0 Å². The van der Waals surface area contributed by atoms with Gasteiger partial charge in [0.2, 0.25) is 5.95 Å². The quantitative estimate of drug-likeness (QED) is 0.920. The summed E-state index contributed by atoms with van der Waals surface area (Å²) in [5.41, 5.74) is 1.49. The monoisotopic (exact) mass is 312 g/mol. The van der Waals surface area contributed by atoms with Gasteiger partial charge < -0.3 is 10.2 Å². The van der Waals surface area contributed by atoms with Crippen LogP contribution in [0.5, 0.6) is 0 Å². The van der Waals surface area contributed by atoms with Crippen molar-refractivity contribution in [1.29, 1.82) is 0 Å². The van der Waals surface area contributed by atoms with Gasteiger partial charge in [0.05, 0.1) is 5.56 Å². The Labute approximate surface area is 137 Å². The molecule has 1 aromatic carbocycles. The summed E-state index contributed by atoms with van der Waals surface area (Å²) in [6, 6.07) is 9.95. The zero-order valence-corrected chi connectivity index (χ0v) is 14.2. The van der Waals surface area contributed by atoms with Gasteiger partial charge in [-0.15, -0.1) is 0 Å². The van der Waals surface area contributed by atoms with Crippen molar-refractivity contribution in [2.24, 2.45) is 0 Å². The van der Waals surface area contributed by atoms with Crippen LogP contribution in [0.15, 0.2) is 42.7 Å². The maximum Gasteiger partial charge on any atom is 0.257 e. The minimum Gasteiger partial charge on any atom is -0.350 e. The zero-order chi connectivity index (χ0) is 16.9. The molecule has 5 nitrogen and oxygen atoms in total. The van der Waals surface area contributed by atoms with E-state index in [-0.39, 0.29) is 11.4 Å². The van der Waals surface area contributed by atoms with E-state index < -0.39 is 0 Å². The number of hydrogen-bond donors (Lipinski definition) is 1. The third kappa shape index (κ3) is 5.06. The predicted octanol–water partition coefficient (Wildman–Crippen LogP) is 3.35. The molecule has 0 unspecified atom stereocenters. The molecule has 23 heavy (non-hydrogen) atoms. The summed E-state index contributed by atoms with van der Waals surface area (Å²) in [6.07, 6.45) is 3.16. The molecule has 0 aliphatic rings. The van der Waals surface area contributed by atoms with Gasteiger partial charge in [0.15, 0.2) is 0 Å². The van der Waals surface area contributed by atoms with Crippen molar-refractivity contribution in [1.82, 2.24) is 14.9 Å². The summed E-state index contributed by atoms with van der Waals surface area (Å²) in [5.74, 6) is 0.471. The molecular weight excluding hydrogens is 288 g/mol. The first kappa shape index (κ1) is 16.9. The molecule has 0 bridgehead atoms. The summed E-state index contributed by atoms with van der Waals surface area (Å²) >= 11 is 0. The zero-order valence-electron chi connectivity index (χ0n) is 14.2. The molecule has 1 aromatic heterocycles. The maximum atomic E-state index is 12.6. The Kier molecular flexibility index (Phi) is 5.32. The van der Waals surface area contributed by atoms with Crippen molar-refractivity contribution >= 4 is 11.9 Å². The Morgan fingerprint density at radius 2 is 1.74 bits per heavy atom. The normalized spacial score (nSPS) is 11.1. The molecule has 0 fully saturated rings. The summed E-state index contributed by atoms with van der Waals surface area (Å²) in [7, 11) is 0. The minimum absolute atomic E-state index is 0.0568. The van der Waals surface area contributed by atoms with Crippen LogP contribution in [0.1, 0.15) is 43.6 Å². The van der Waals surface area contributed by atoms with Crippen LogP contribution in [-0.4, -0.2) is 32.9 Å². The minimum atomic E-state index is -0.117. The molecule has 2 rings (SSSR count). The highest BCUT2D eigenvalue weighted by Crippen LogP contribution is 2.12. The Hall–Kier alpha value is -2.43. The van der Waals surface area contributed by atoms with Crippen LogP contribution in [-0.2, 0) is 6.54 Å². The van der Waals surface area contributed by atoms with Gasteiger partial charge in [0.1, 0.15) is 0 Å². The number of amides is 1. The van der Waals surface area contributed by atoms with Crippen LogP contribution < -0.4 is 5.32 Å². The number of nitrogens with one attached hydrogen (secondary N) is 1. The van der Waals surface area contributed by atoms with E-state index in [9.17, 15) is 4.79 Å². The van der Waals surface area contributed by atoms with Gasteiger partial charge in [-0.1, -0.05) is 30.3 Å². The van der Waals surface area contributed by atoms with E-state index in [0.29, 0.717) is 24.6 Å². The van der Waals surface area contributed by atoms with Crippen molar-refractivity contribution in [2.75, 3.05) is 11.9 Å². The standard InChI is InChI=1S/C18H24N4O/c1-5-22(13-14-9-7-6-8-10-14)16(23)15-11-19-17(20-12-15)21-18(2,3)4/h6-12H,5,13H2,1-4H3,(H,19,20,21). The summed E-state index contributed by atoms with van der Waals surface area (Å²) in [5, 5.41) is 3.18. The highest BCUT2D eigenvalue weighted by molar-refractivity contribution is 5.93. The molecule has 0 aliphatic carbocycles. The van der Waals surface area contributed by atoms with E-state index in [1.165, 1.54) is 0 Å². The highest BCUT2D eigenvalue weighted by atomic mass is 16.2. The maximum absolute atomic E-state index is 12.6. The summed E-state index contributed by atoms with van der Waals surface area (Å²) < 4.78 is 0. The Balaban J connectivity index is 2.08. The van der Waals surface area contributed by atoms with Gasteiger partial charge in [0.25, 0.3) is 5.91 Å². The average Bonchev–Trinajstić information content (AvgIpc) is 2.52. The lowest BCUT2D eigenvalue weighted by Gasteiger charge is -2.22. The SMILES string of the molecule is CCN(Cc1ccccc1)C(=O)c1cnc(NC(C)(C)C)nc1. The molecule has 0 spiro atoms. The fourth-order valence-electron chi connectivity index (χ4n) is 2.15. The van der Waals surface area contributed by atoms with Crippen LogP contribution in [0.2, 0.25) is 0 Å². The molecule has 1 N–H and O–H groups in total. The first-order valence-electron chi connectivity index (χ1n) is 7.82. The number of benzene rings is 1. The van der Waals surface area contributed by atoms with Gasteiger partial charge in [-0.2, -0.15) is 0 Å². The van der Waals surface area contributed by atoms with Crippen molar-refractivity contribution in [3.05, 3.63) is 53.9 Å². The van der Waals surface area contributed by atoms with Gasteiger partial charge in [-0.3, -0.25) is 4.79 Å². The average molecular weight is 312 g/mol. The van der Waals surface area contributed by atoms with Gasteiger partial charge in [-0.05, 0) is 33.3 Å². The lowest BCUT2D eigenvalue weighted by Crippen LogP contribution is -2.31. The predicted molar refractivity (Wildman–Crippen MR) is 92.3 cm³/mol. The van der Waals surface area contributed by atoms with Gasteiger partial charge in [0, 0.05) is 31.0 Å². The molecule has 5 heteroatoms. The summed E-state index contributed by atoms with van der Waals surface area (Å²) in [4.78, 5) is 22.9. The second-order valence-corrected chi connectivity index (χ2v) is 6.48. The number of anilines is 1. The number of nitrogens with zero attached hydrogens (tertiary/aromatic N) is 3. The van der Waals surface area contributed by atoms with E-state index in [1.54, 1.807) is 17.3 Å². The molecule has 1 amide bonds. The van der Waals surface area contributed by atoms with E-state index in [4.69, 9.17) is 0 Å². The van der Waals surface area contributed by atoms with Crippen LogP contribution in [0.3, 0.4) is 0 Å². The van der Waals surface area contributed by atoms with E-state index in [2.05, 4.69) is 15.3 Å². The lowest BCUT2D eigenvalue weighted by molar-refractivity contribution is 0.0752. The smallest absolute Gasteiger partial charge is 0.257 e. The fourth-order valence-corrected chi connectivity index (χ4v) is 2.15. The van der Waals surface area contributed by atoms with E-state index in [1.807, 2.05) is 58.0 Å². The van der Waals surface area contributed by atoms with Crippen LogP contribution in [0.25, 0.3) is 0 Å². The molecule has 0 atom stereocenters. The first-order chi connectivity index (χ1) is 10.9. The molecule has 122 valence electrons. The molecule has 2 aromatic rings. The molecule has 0 radical (unpaired) electrons. The number of rotatable bonds is 5. The summed E-state index contributed by atoms with van der Waals surface area (Å²) in [6.45, 7) is 9.29. The number of aromatic nitrogens is 2. The Morgan fingerprint density at radius 1 is 1.13 bits per heavy atom. The second-order valence-electron chi connectivity index (χ2n) is 6.48. The van der Waals surface area contributed by atoms with Crippen molar-refractivity contribution in [3.63, 3.8) is 0 Å². The van der Waals surface area contributed by atoms with Crippen molar-refractivity contribution < 1.29 is 4.79 Å². The third-order valence-corrected chi connectivity index (χ3v) is 3.27. The van der Waals surface area contributed by atoms with Gasteiger partial charge in [-0.25, -0.2) is 9.97 Å². The van der Waals surface area contributed by atoms with Crippen LogP contribution in [0, 0.1) is 0 Å². The molecule has 0 saturated heterocycles. The fraction of sp³-hybridized carbons (Fsp3) is 0.389. The molecular formula is C18H24N4O. The Bertz CT molecular complexity index is 632. The number of carbonyl (C=O) groups excluding carboxylic acids is 1. The first-order valence-corrected chi connectivity index (χ1v) is 7.82.